The third-order valence-corrected chi connectivity index (χ3v) is 5.16. The highest BCUT2D eigenvalue weighted by molar-refractivity contribution is 7.89. The van der Waals surface area contributed by atoms with Crippen LogP contribution in [0.3, 0.4) is 0 Å². The predicted molar refractivity (Wildman–Crippen MR) is 80.9 cm³/mol. The molecular formula is C13H18ClF3N2O3S. The molecule has 0 amide bonds. The van der Waals surface area contributed by atoms with Crippen molar-refractivity contribution in [2.45, 2.75) is 36.6 Å². The summed E-state index contributed by atoms with van der Waals surface area (Å²) in [5.41, 5.74) is 5.59. The molecule has 132 valence electrons. The van der Waals surface area contributed by atoms with E-state index in [9.17, 15) is 21.6 Å². The summed E-state index contributed by atoms with van der Waals surface area (Å²) in [5.74, 6) is -0.754. The minimum atomic E-state index is -4.96. The number of sulfonamides is 1. The van der Waals surface area contributed by atoms with Gasteiger partial charge in [0.1, 0.15) is 10.6 Å². The molecule has 2 atom stereocenters. The van der Waals surface area contributed by atoms with E-state index in [0.29, 0.717) is 13.0 Å². The molecular weight excluding hydrogens is 357 g/mol. The summed E-state index contributed by atoms with van der Waals surface area (Å²) < 4.78 is 68.1. The number of alkyl halides is 3. The Bertz CT molecular complexity index is 625. The lowest BCUT2D eigenvalue weighted by Gasteiger charge is -2.20. The molecule has 5 nitrogen and oxygen atoms in total. The van der Waals surface area contributed by atoms with Gasteiger partial charge in [0.25, 0.3) is 0 Å². The number of hydrogen-bond donors (Lipinski definition) is 2. The van der Waals surface area contributed by atoms with Gasteiger partial charge in [0.05, 0.1) is 0 Å². The summed E-state index contributed by atoms with van der Waals surface area (Å²) in [6.45, 7) is 0.327. The van der Waals surface area contributed by atoms with Crippen LogP contribution in [-0.2, 0) is 10.0 Å². The Hall–Kier alpha value is -1.03. The maximum atomic E-state index is 12.4. The number of para-hydroxylation sites is 1. The van der Waals surface area contributed by atoms with Crippen LogP contribution >= 0.6 is 12.4 Å². The van der Waals surface area contributed by atoms with Crippen LogP contribution in [0.15, 0.2) is 29.2 Å². The Labute approximate surface area is 138 Å². The van der Waals surface area contributed by atoms with Gasteiger partial charge in [-0.25, -0.2) is 13.1 Å². The lowest BCUT2D eigenvalue weighted by atomic mass is 10.1. The lowest BCUT2D eigenvalue weighted by molar-refractivity contribution is -0.275. The summed E-state index contributed by atoms with van der Waals surface area (Å²) in [7, 11) is -4.12. The van der Waals surface area contributed by atoms with Crippen molar-refractivity contribution in [2.75, 3.05) is 6.54 Å². The molecule has 10 heteroatoms. The Morgan fingerprint density at radius 3 is 2.52 bits per heavy atom. The Kier molecular flexibility index (Phi) is 6.70. The van der Waals surface area contributed by atoms with E-state index in [4.69, 9.17) is 5.73 Å². The van der Waals surface area contributed by atoms with E-state index in [0.717, 1.165) is 25.0 Å². The van der Waals surface area contributed by atoms with E-state index >= 15 is 0 Å². The standard InChI is InChI=1S/C13H17F3N2O3S.ClH/c14-13(15,16)21-11-6-1-2-7-12(11)22(19,20)18-10-5-3-4-9(10)8-17;/h1-2,6-7,9-10,18H,3-5,8,17H2;1H. The first-order valence-electron chi connectivity index (χ1n) is 6.80. The lowest BCUT2D eigenvalue weighted by Crippen LogP contribution is -2.40. The molecule has 1 aliphatic carbocycles. The van der Waals surface area contributed by atoms with Crippen LogP contribution in [0.25, 0.3) is 0 Å². The van der Waals surface area contributed by atoms with E-state index < -0.39 is 27.0 Å². The van der Waals surface area contributed by atoms with Crippen LogP contribution in [-0.4, -0.2) is 27.4 Å². The number of nitrogens with one attached hydrogen (secondary N) is 1. The molecule has 0 spiro atoms. The zero-order valence-corrected chi connectivity index (χ0v) is 13.7. The van der Waals surface area contributed by atoms with Gasteiger partial charge in [0, 0.05) is 6.04 Å². The molecule has 0 bridgehead atoms. The maximum absolute atomic E-state index is 12.4. The Morgan fingerprint density at radius 2 is 1.91 bits per heavy atom. The van der Waals surface area contributed by atoms with Gasteiger partial charge < -0.3 is 10.5 Å². The largest absolute Gasteiger partial charge is 0.573 e. The van der Waals surface area contributed by atoms with Crippen molar-refractivity contribution in [3.8, 4) is 5.75 Å². The molecule has 0 saturated heterocycles. The van der Waals surface area contributed by atoms with E-state index in [1.165, 1.54) is 12.1 Å². The fourth-order valence-corrected chi connectivity index (χ4v) is 4.09. The van der Waals surface area contributed by atoms with Crippen LogP contribution in [0.1, 0.15) is 19.3 Å². The molecule has 1 aliphatic rings. The molecule has 3 N–H and O–H groups in total. The van der Waals surface area contributed by atoms with Crippen LogP contribution in [0.2, 0.25) is 0 Å². The number of halogens is 4. The van der Waals surface area contributed by atoms with Gasteiger partial charge in [-0.05, 0) is 37.4 Å². The van der Waals surface area contributed by atoms with Crippen LogP contribution in [0, 0.1) is 5.92 Å². The zero-order valence-electron chi connectivity index (χ0n) is 12.0. The molecule has 2 unspecified atom stereocenters. The van der Waals surface area contributed by atoms with Gasteiger partial charge in [0.15, 0.2) is 0 Å². The van der Waals surface area contributed by atoms with E-state index in [-0.39, 0.29) is 24.4 Å². The van der Waals surface area contributed by atoms with E-state index in [1.54, 1.807) is 0 Å². The highest BCUT2D eigenvalue weighted by Crippen LogP contribution is 2.31. The monoisotopic (exact) mass is 374 g/mol. The van der Waals surface area contributed by atoms with Crippen LogP contribution in [0.5, 0.6) is 5.75 Å². The number of nitrogens with two attached hydrogens (primary N) is 1. The third kappa shape index (κ3) is 5.23. The molecule has 2 rings (SSSR count). The van der Waals surface area contributed by atoms with E-state index in [1.807, 2.05) is 0 Å². The van der Waals surface area contributed by atoms with Crippen molar-refractivity contribution in [1.82, 2.24) is 4.72 Å². The summed E-state index contributed by atoms with van der Waals surface area (Å²) >= 11 is 0. The normalized spacial score (nSPS) is 21.7. The van der Waals surface area contributed by atoms with Crippen molar-refractivity contribution in [1.29, 1.82) is 0 Å². The fraction of sp³-hybridized carbons (Fsp3) is 0.538. The summed E-state index contributed by atoms with van der Waals surface area (Å²) in [5, 5.41) is 0. The summed E-state index contributed by atoms with van der Waals surface area (Å²) in [6, 6.07) is 4.30. The molecule has 1 fully saturated rings. The average Bonchev–Trinajstić information content (AvgIpc) is 2.83. The Morgan fingerprint density at radius 1 is 1.26 bits per heavy atom. The SMILES string of the molecule is Cl.NCC1CCCC1NS(=O)(=O)c1ccccc1OC(F)(F)F. The van der Waals surface area contributed by atoms with Crippen LogP contribution < -0.4 is 15.2 Å². The predicted octanol–water partition coefficient (Wildman–Crippen LogP) is 2.41. The number of benzene rings is 1. The molecule has 0 heterocycles. The maximum Gasteiger partial charge on any atom is 0.573 e. The first kappa shape index (κ1) is 20.0. The summed E-state index contributed by atoms with van der Waals surface area (Å²) in [4.78, 5) is -0.532. The smallest absolute Gasteiger partial charge is 0.404 e. The first-order chi connectivity index (χ1) is 10.2. The second-order valence-corrected chi connectivity index (χ2v) is 6.83. The highest BCUT2D eigenvalue weighted by Gasteiger charge is 2.35. The van der Waals surface area contributed by atoms with Crippen molar-refractivity contribution in [3.63, 3.8) is 0 Å². The van der Waals surface area contributed by atoms with Crippen LogP contribution in [0.4, 0.5) is 13.2 Å². The van der Waals surface area contributed by atoms with E-state index in [2.05, 4.69) is 9.46 Å². The second kappa shape index (κ2) is 7.69. The van der Waals surface area contributed by atoms with Gasteiger partial charge in [-0.3, -0.25) is 0 Å². The average molecular weight is 375 g/mol. The second-order valence-electron chi connectivity index (χ2n) is 5.15. The zero-order chi connectivity index (χ0) is 16.4. The Balaban J connectivity index is 0.00000264. The highest BCUT2D eigenvalue weighted by atomic mass is 35.5. The number of rotatable bonds is 5. The quantitative estimate of drug-likeness (QED) is 0.829. The molecule has 1 saturated carbocycles. The van der Waals surface area contributed by atoms with Crippen molar-refractivity contribution >= 4 is 22.4 Å². The topological polar surface area (TPSA) is 81.4 Å². The molecule has 1 aromatic carbocycles. The summed E-state index contributed by atoms with van der Waals surface area (Å²) in [6.07, 6.45) is -2.72. The molecule has 23 heavy (non-hydrogen) atoms. The van der Waals surface area contributed by atoms with Gasteiger partial charge in [-0.1, -0.05) is 18.6 Å². The molecule has 1 aromatic rings. The molecule has 0 radical (unpaired) electrons. The van der Waals surface area contributed by atoms with Gasteiger partial charge in [0.2, 0.25) is 10.0 Å². The van der Waals surface area contributed by atoms with Crippen molar-refractivity contribution in [2.24, 2.45) is 11.7 Å². The van der Waals surface area contributed by atoms with Gasteiger partial charge >= 0.3 is 6.36 Å². The minimum Gasteiger partial charge on any atom is -0.404 e. The van der Waals surface area contributed by atoms with Crippen molar-refractivity contribution < 1.29 is 26.3 Å². The van der Waals surface area contributed by atoms with Gasteiger partial charge in [-0.2, -0.15) is 0 Å². The molecule has 0 aliphatic heterocycles. The number of hydrogen-bond acceptors (Lipinski definition) is 4. The third-order valence-electron chi connectivity index (χ3n) is 3.63. The first-order valence-corrected chi connectivity index (χ1v) is 8.28. The number of ether oxygens (including phenoxy) is 1. The van der Waals surface area contributed by atoms with Crippen molar-refractivity contribution in [3.05, 3.63) is 24.3 Å². The van der Waals surface area contributed by atoms with Gasteiger partial charge in [-0.15, -0.1) is 25.6 Å². The fourth-order valence-electron chi connectivity index (χ4n) is 2.62. The minimum absolute atomic E-state index is 0. The molecule has 0 aromatic heterocycles.